The van der Waals surface area contributed by atoms with E-state index in [0.29, 0.717) is 19.3 Å². The van der Waals surface area contributed by atoms with Crippen molar-refractivity contribution in [3.63, 3.8) is 0 Å². The Balaban J connectivity index is 2.92. The summed E-state index contributed by atoms with van der Waals surface area (Å²) in [5.41, 5.74) is 2.10. The third-order valence-electron chi connectivity index (χ3n) is 7.01. The summed E-state index contributed by atoms with van der Waals surface area (Å²) in [7, 11) is -0.461. The van der Waals surface area contributed by atoms with Crippen LogP contribution in [0.2, 0.25) is 18.1 Å². The van der Waals surface area contributed by atoms with E-state index in [9.17, 15) is 9.59 Å². The van der Waals surface area contributed by atoms with Gasteiger partial charge in [-0.1, -0.05) is 78.2 Å². The Morgan fingerprint density at radius 3 is 2.48 bits per heavy atom. The highest BCUT2D eigenvalue weighted by Crippen LogP contribution is 2.38. The molecule has 1 aliphatic carbocycles. The normalized spacial score (nSPS) is 18.7. The molecule has 0 heterocycles. The molecule has 0 fully saturated rings. The summed E-state index contributed by atoms with van der Waals surface area (Å²) >= 11 is 0. The van der Waals surface area contributed by atoms with Crippen LogP contribution < -0.4 is 0 Å². The molecule has 2 atom stereocenters. The Kier molecular flexibility index (Phi) is 12.6. The van der Waals surface area contributed by atoms with Gasteiger partial charge in [0.25, 0.3) is 0 Å². The standard InChI is InChI=1S/C28H48O4Si/c1-9-10-13-16-23(32-33(7,8)28(3,4)5)19-20-24-22(2)21-26(29)25(24)17-14-11-12-15-18-27(30)31-6/h11,14,19-20,22-23H,9-10,12-13,15-18,21H2,1-8H3/b14-11-,20-19+/t22-,23-/m0/s1. The molecule has 1 rings (SSSR count). The Hall–Kier alpha value is -1.46. The summed E-state index contributed by atoms with van der Waals surface area (Å²) in [6, 6.07) is 0. The van der Waals surface area contributed by atoms with Crippen LogP contribution in [0.25, 0.3) is 0 Å². The van der Waals surface area contributed by atoms with Crippen molar-refractivity contribution >= 4 is 20.1 Å². The van der Waals surface area contributed by atoms with Crippen molar-refractivity contribution < 1.29 is 18.8 Å². The van der Waals surface area contributed by atoms with E-state index in [1.807, 2.05) is 0 Å². The largest absolute Gasteiger partial charge is 0.469 e. The lowest BCUT2D eigenvalue weighted by Gasteiger charge is -2.38. The minimum atomic E-state index is -1.88. The number of methoxy groups -OCH3 is 1. The number of ketones is 1. The number of unbranched alkanes of at least 4 members (excludes halogenated alkanes) is 3. The number of Topliss-reactive ketones (excluding diaryl/α,β-unsaturated/α-hetero) is 1. The van der Waals surface area contributed by atoms with Crippen LogP contribution in [0.4, 0.5) is 0 Å². The molecule has 0 aliphatic heterocycles. The zero-order valence-electron chi connectivity index (χ0n) is 22.5. The molecule has 5 heteroatoms. The van der Waals surface area contributed by atoms with Gasteiger partial charge in [0.2, 0.25) is 0 Å². The van der Waals surface area contributed by atoms with Gasteiger partial charge in [0, 0.05) is 18.4 Å². The molecule has 33 heavy (non-hydrogen) atoms. The number of hydrogen-bond donors (Lipinski definition) is 0. The summed E-state index contributed by atoms with van der Waals surface area (Å²) in [5.74, 6) is 0.335. The average molecular weight is 477 g/mol. The lowest BCUT2D eigenvalue weighted by molar-refractivity contribution is -0.140. The van der Waals surface area contributed by atoms with E-state index in [1.165, 1.54) is 25.5 Å². The second kappa shape index (κ2) is 14.1. The molecule has 0 saturated carbocycles. The Morgan fingerprint density at radius 2 is 1.88 bits per heavy atom. The Bertz CT molecular complexity index is 725. The predicted octanol–water partition coefficient (Wildman–Crippen LogP) is 7.71. The summed E-state index contributed by atoms with van der Waals surface area (Å²) in [6.07, 6.45) is 16.5. The first kappa shape index (κ1) is 29.6. The maximum Gasteiger partial charge on any atom is 0.305 e. The van der Waals surface area contributed by atoms with E-state index in [-0.39, 0.29) is 28.8 Å². The quantitative estimate of drug-likeness (QED) is 0.111. The topological polar surface area (TPSA) is 52.6 Å². The van der Waals surface area contributed by atoms with Gasteiger partial charge in [0.05, 0.1) is 13.2 Å². The second-order valence-electron chi connectivity index (χ2n) is 10.9. The third kappa shape index (κ3) is 10.1. The summed E-state index contributed by atoms with van der Waals surface area (Å²) in [6.45, 7) is 15.8. The molecule has 0 amide bonds. The van der Waals surface area contributed by atoms with Crippen LogP contribution >= 0.6 is 0 Å². The predicted molar refractivity (Wildman–Crippen MR) is 141 cm³/mol. The number of ether oxygens (including phenoxy) is 1. The molecular weight excluding hydrogens is 428 g/mol. The molecule has 0 spiro atoms. The van der Waals surface area contributed by atoms with E-state index in [1.54, 1.807) is 0 Å². The number of carbonyl (C=O) groups excluding carboxylic acids is 2. The van der Waals surface area contributed by atoms with E-state index in [4.69, 9.17) is 4.43 Å². The third-order valence-corrected chi connectivity index (χ3v) is 11.5. The molecule has 4 nitrogen and oxygen atoms in total. The van der Waals surface area contributed by atoms with Crippen molar-refractivity contribution in [3.8, 4) is 0 Å². The van der Waals surface area contributed by atoms with Gasteiger partial charge in [-0.05, 0) is 55.3 Å². The number of esters is 1. The van der Waals surface area contributed by atoms with Gasteiger partial charge in [0.1, 0.15) is 0 Å². The Morgan fingerprint density at radius 1 is 1.18 bits per heavy atom. The van der Waals surface area contributed by atoms with E-state index in [2.05, 4.69) is 76.8 Å². The van der Waals surface area contributed by atoms with Gasteiger partial charge in [0.15, 0.2) is 14.1 Å². The maximum atomic E-state index is 12.6. The maximum absolute atomic E-state index is 12.6. The molecule has 0 aromatic heterocycles. The molecule has 0 bridgehead atoms. The van der Waals surface area contributed by atoms with Crippen molar-refractivity contribution in [1.82, 2.24) is 0 Å². The zero-order valence-corrected chi connectivity index (χ0v) is 23.5. The van der Waals surface area contributed by atoms with Gasteiger partial charge in [-0.2, -0.15) is 0 Å². The highest BCUT2D eigenvalue weighted by atomic mass is 28.4. The van der Waals surface area contributed by atoms with Crippen molar-refractivity contribution in [2.75, 3.05) is 7.11 Å². The Labute approximate surface area is 204 Å². The molecule has 0 unspecified atom stereocenters. The van der Waals surface area contributed by atoms with E-state index < -0.39 is 8.32 Å². The number of rotatable bonds is 14. The molecule has 0 aromatic carbocycles. The fraction of sp³-hybridized carbons (Fsp3) is 0.714. The van der Waals surface area contributed by atoms with Gasteiger partial charge in [-0.3, -0.25) is 9.59 Å². The highest BCUT2D eigenvalue weighted by Gasteiger charge is 2.38. The van der Waals surface area contributed by atoms with Crippen molar-refractivity contribution in [3.05, 3.63) is 35.5 Å². The number of hydrogen-bond acceptors (Lipinski definition) is 4. The van der Waals surface area contributed by atoms with Crippen LogP contribution in [-0.4, -0.2) is 33.3 Å². The molecule has 1 aliphatic rings. The van der Waals surface area contributed by atoms with E-state index >= 15 is 0 Å². The minimum absolute atomic E-state index is 0.1000. The van der Waals surface area contributed by atoms with Crippen molar-refractivity contribution in [2.45, 2.75) is 117 Å². The molecular formula is C28H48O4Si. The smallest absolute Gasteiger partial charge is 0.305 e. The van der Waals surface area contributed by atoms with Crippen molar-refractivity contribution in [1.29, 1.82) is 0 Å². The van der Waals surface area contributed by atoms with Crippen LogP contribution in [0.15, 0.2) is 35.5 Å². The van der Waals surface area contributed by atoms with E-state index in [0.717, 1.165) is 31.3 Å². The first-order valence-corrected chi connectivity index (χ1v) is 15.7. The molecule has 188 valence electrons. The highest BCUT2D eigenvalue weighted by molar-refractivity contribution is 6.74. The van der Waals surface area contributed by atoms with Crippen LogP contribution in [-0.2, 0) is 18.8 Å². The van der Waals surface area contributed by atoms with Crippen molar-refractivity contribution in [2.24, 2.45) is 5.92 Å². The lowest BCUT2D eigenvalue weighted by Crippen LogP contribution is -2.43. The monoisotopic (exact) mass is 476 g/mol. The molecule has 0 radical (unpaired) electrons. The number of carbonyl (C=O) groups is 2. The van der Waals surface area contributed by atoms with Crippen LogP contribution in [0.3, 0.4) is 0 Å². The first-order chi connectivity index (χ1) is 15.4. The SMILES string of the molecule is CCCCC[C@@H](/C=C/C1=C(C/C=C\CCCC(=O)OC)C(=O)C[C@@H]1C)O[Si](C)(C)C(C)(C)C. The zero-order chi connectivity index (χ0) is 25.1. The summed E-state index contributed by atoms with van der Waals surface area (Å²) in [5, 5.41) is 0.170. The average Bonchev–Trinajstić information content (AvgIpc) is 2.99. The number of allylic oxidation sites excluding steroid dienone is 5. The van der Waals surface area contributed by atoms with Gasteiger partial charge < -0.3 is 9.16 Å². The molecule has 0 aromatic rings. The molecule has 0 saturated heterocycles. The fourth-order valence-corrected chi connectivity index (χ4v) is 5.11. The van der Waals surface area contributed by atoms with Crippen LogP contribution in [0.5, 0.6) is 0 Å². The van der Waals surface area contributed by atoms with Gasteiger partial charge >= 0.3 is 5.97 Å². The fourth-order valence-electron chi connectivity index (χ4n) is 3.81. The lowest BCUT2D eigenvalue weighted by atomic mass is 10.00. The van der Waals surface area contributed by atoms with Crippen LogP contribution in [0.1, 0.15) is 92.4 Å². The van der Waals surface area contributed by atoms with Gasteiger partial charge in [-0.15, -0.1) is 0 Å². The van der Waals surface area contributed by atoms with Crippen LogP contribution in [0, 0.1) is 5.92 Å². The molecule has 0 N–H and O–H groups in total. The first-order valence-electron chi connectivity index (χ1n) is 12.8. The second-order valence-corrected chi connectivity index (χ2v) is 15.6. The summed E-state index contributed by atoms with van der Waals surface area (Å²) < 4.78 is 11.4. The minimum Gasteiger partial charge on any atom is -0.469 e. The van der Waals surface area contributed by atoms with Gasteiger partial charge in [-0.25, -0.2) is 0 Å². The summed E-state index contributed by atoms with van der Waals surface area (Å²) in [4.78, 5) is 23.9.